The highest BCUT2D eigenvalue weighted by Gasteiger charge is 2.09. The summed E-state index contributed by atoms with van der Waals surface area (Å²) in [6.07, 6.45) is 0. The molecule has 0 aliphatic rings. The molecule has 5 nitrogen and oxygen atoms in total. The lowest BCUT2D eigenvalue weighted by molar-refractivity contribution is 0.102. The van der Waals surface area contributed by atoms with E-state index in [0.717, 1.165) is 5.56 Å². The van der Waals surface area contributed by atoms with Gasteiger partial charge in [-0.15, -0.1) is 0 Å². The van der Waals surface area contributed by atoms with Crippen molar-refractivity contribution < 1.29 is 14.1 Å². The summed E-state index contributed by atoms with van der Waals surface area (Å²) in [5.41, 5.74) is 1.57. The molecule has 0 unspecified atom stereocenters. The van der Waals surface area contributed by atoms with E-state index in [9.17, 15) is 4.79 Å². The zero-order valence-corrected chi connectivity index (χ0v) is 12.7. The molecule has 1 amide bonds. The monoisotopic (exact) mass is 308 g/mol. The number of nitrogens with one attached hydrogen (secondary N) is 1. The van der Waals surface area contributed by atoms with Gasteiger partial charge >= 0.3 is 0 Å². The average Bonchev–Trinajstić information content (AvgIpc) is 2.99. The zero-order valence-electron chi connectivity index (χ0n) is 12.7. The lowest BCUT2D eigenvalue weighted by atomic mass is 10.2. The second-order valence-electron chi connectivity index (χ2n) is 5.08. The van der Waals surface area contributed by atoms with Crippen molar-refractivity contribution in [1.82, 2.24) is 5.16 Å². The van der Waals surface area contributed by atoms with Gasteiger partial charge in [0.15, 0.2) is 5.82 Å². The minimum atomic E-state index is -0.261. The molecule has 0 aliphatic heterocycles. The third-order valence-corrected chi connectivity index (χ3v) is 3.21. The average molecular weight is 308 g/mol. The van der Waals surface area contributed by atoms with Gasteiger partial charge in [-0.1, -0.05) is 41.6 Å². The van der Waals surface area contributed by atoms with Crippen molar-refractivity contribution in [2.45, 2.75) is 13.5 Å². The van der Waals surface area contributed by atoms with Gasteiger partial charge in [0.05, 0.1) is 0 Å². The molecule has 0 spiro atoms. The number of amides is 1. The van der Waals surface area contributed by atoms with Crippen molar-refractivity contribution in [3.05, 3.63) is 77.6 Å². The number of aromatic nitrogens is 1. The van der Waals surface area contributed by atoms with E-state index in [0.29, 0.717) is 29.5 Å². The van der Waals surface area contributed by atoms with Crippen molar-refractivity contribution in [2.75, 3.05) is 5.32 Å². The summed E-state index contributed by atoms with van der Waals surface area (Å²) in [6, 6.07) is 18.5. The summed E-state index contributed by atoms with van der Waals surface area (Å²) in [5.74, 6) is 1.41. The molecule has 0 fully saturated rings. The van der Waals surface area contributed by atoms with E-state index in [1.807, 2.05) is 36.4 Å². The van der Waals surface area contributed by atoms with Gasteiger partial charge in [-0.25, -0.2) is 0 Å². The first-order valence-corrected chi connectivity index (χ1v) is 7.22. The number of rotatable bonds is 5. The highest BCUT2D eigenvalue weighted by atomic mass is 16.5. The fourth-order valence-electron chi connectivity index (χ4n) is 2.08. The first-order valence-electron chi connectivity index (χ1n) is 7.22. The van der Waals surface area contributed by atoms with Crippen LogP contribution < -0.4 is 10.1 Å². The lowest BCUT2D eigenvalue weighted by Crippen LogP contribution is -2.12. The van der Waals surface area contributed by atoms with Crippen molar-refractivity contribution in [1.29, 1.82) is 0 Å². The Hall–Kier alpha value is -3.08. The number of aryl methyl sites for hydroxylation is 1. The highest BCUT2D eigenvalue weighted by Crippen LogP contribution is 2.17. The maximum absolute atomic E-state index is 12.2. The molecule has 3 aromatic rings. The number of carbonyl (C=O) groups excluding carboxylic acids is 1. The van der Waals surface area contributed by atoms with Gasteiger partial charge in [0.25, 0.3) is 5.91 Å². The third kappa shape index (κ3) is 3.97. The van der Waals surface area contributed by atoms with Gasteiger partial charge in [0, 0.05) is 11.6 Å². The first-order chi connectivity index (χ1) is 11.2. The molecule has 0 atom stereocenters. The van der Waals surface area contributed by atoms with Gasteiger partial charge < -0.3 is 14.6 Å². The molecule has 0 aliphatic carbocycles. The Morgan fingerprint density at radius 1 is 1.13 bits per heavy atom. The molecule has 0 saturated carbocycles. The highest BCUT2D eigenvalue weighted by molar-refractivity contribution is 6.03. The Kier molecular flexibility index (Phi) is 4.38. The summed E-state index contributed by atoms with van der Waals surface area (Å²) in [5, 5.41) is 6.42. The fraction of sp³-hybridized carbons (Fsp3) is 0.111. The van der Waals surface area contributed by atoms with Crippen LogP contribution in [0.15, 0.2) is 65.2 Å². The van der Waals surface area contributed by atoms with Crippen LogP contribution in [0, 0.1) is 6.92 Å². The molecule has 1 heterocycles. The second kappa shape index (κ2) is 6.79. The van der Waals surface area contributed by atoms with E-state index in [2.05, 4.69) is 10.5 Å². The number of carbonyl (C=O) groups is 1. The Labute approximate surface area is 133 Å². The van der Waals surface area contributed by atoms with E-state index >= 15 is 0 Å². The topological polar surface area (TPSA) is 64.4 Å². The minimum Gasteiger partial charge on any atom is -0.489 e. The molecule has 5 heteroatoms. The normalized spacial score (nSPS) is 10.3. The molecule has 1 N–H and O–H groups in total. The van der Waals surface area contributed by atoms with Crippen LogP contribution in [0.1, 0.15) is 21.7 Å². The maximum atomic E-state index is 12.2. The van der Waals surface area contributed by atoms with Crippen molar-refractivity contribution in [2.24, 2.45) is 0 Å². The van der Waals surface area contributed by atoms with Crippen molar-refractivity contribution in [3.63, 3.8) is 0 Å². The Balaban J connectivity index is 1.65. The Morgan fingerprint density at radius 2 is 1.96 bits per heavy atom. The first kappa shape index (κ1) is 14.8. The lowest BCUT2D eigenvalue weighted by Gasteiger charge is -2.08. The van der Waals surface area contributed by atoms with Gasteiger partial charge in [0.2, 0.25) is 0 Å². The molecule has 0 saturated heterocycles. The summed E-state index contributed by atoms with van der Waals surface area (Å²) < 4.78 is 10.6. The molecule has 3 rings (SSSR count). The largest absolute Gasteiger partial charge is 0.489 e. The van der Waals surface area contributed by atoms with Crippen LogP contribution in [0.4, 0.5) is 5.82 Å². The molecule has 0 bridgehead atoms. The standard InChI is InChI=1S/C18H16N2O3/c1-13-10-17(20-23-13)19-18(21)15-8-5-9-16(11-15)22-12-14-6-3-2-4-7-14/h2-11H,12H2,1H3,(H,19,20,21). The Morgan fingerprint density at radius 3 is 2.70 bits per heavy atom. The summed E-state index contributed by atoms with van der Waals surface area (Å²) in [7, 11) is 0. The van der Waals surface area contributed by atoms with Gasteiger partial charge in [0.1, 0.15) is 18.1 Å². The van der Waals surface area contributed by atoms with Crippen LogP contribution >= 0.6 is 0 Å². The van der Waals surface area contributed by atoms with E-state index in [1.54, 1.807) is 31.2 Å². The summed E-state index contributed by atoms with van der Waals surface area (Å²) in [6.45, 7) is 2.22. The van der Waals surface area contributed by atoms with Crippen LogP contribution in [0.5, 0.6) is 5.75 Å². The molecule has 1 aromatic heterocycles. The number of nitrogens with zero attached hydrogens (tertiary/aromatic N) is 1. The molecular weight excluding hydrogens is 292 g/mol. The van der Waals surface area contributed by atoms with Crippen LogP contribution in [0.25, 0.3) is 0 Å². The fourth-order valence-corrected chi connectivity index (χ4v) is 2.08. The molecule has 0 radical (unpaired) electrons. The van der Waals surface area contributed by atoms with E-state index in [1.165, 1.54) is 0 Å². The Bertz CT molecular complexity index is 797. The van der Waals surface area contributed by atoms with Crippen LogP contribution in [-0.2, 0) is 6.61 Å². The number of hydrogen-bond acceptors (Lipinski definition) is 4. The number of ether oxygens (including phenoxy) is 1. The van der Waals surface area contributed by atoms with Gasteiger partial charge in [-0.3, -0.25) is 4.79 Å². The number of benzene rings is 2. The molecule has 116 valence electrons. The summed E-state index contributed by atoms with van der Waals surface area (Å²) >= 11 is 0. The van der Waals surface area contributed by atoms with Gasteiger partial charge in [-0.2, -0.15) is 0 Å². The van der Waals surface area contributed by atoms with E-state index < -0.39 is 0 Å². The maximum Gasteiger partial charge on any atom is 0.257 e. The molecule has 2 aromatic carbocycles. The third-order valence-electron chi connectivity index (χ3n) is 3.21. The SMILES string of the molecule is Cc1cc(NC(=O)c2cccc(OCc3ccccc3)c2)no1. The second-order valence-corrected chi connectivity index (χ2v) is 5.08. The van der Waals surface area contributed by atoms with Crippen molar-refractivity contribution >= 4 is 11.7 Å². The molecule has 23 heavy (non-hydrogen) atoms. The van der Waals surface area contributed by atoms with Crippen LogP contribution in [0.2, 0.25) is 0 Å². The predicted octanol–water partition coefficient (Wildman–Crippen LogP) is 3.81. The minimum absolute atomic E-state index is 0.261. The van der Waals surface area contributed by atoms with Crippen LogP contribution in [0.3, 0.4) is 0 Å². The zero-order chi connectivity index (χ0) is 16.1. The number of anilines is 1. The van der Waals surface area contributed by atoms with Gasteiger partial charge in [-0.05, 0) is 30.7 Å². The predicted molar refractivity (Wildman–Crippen MR) is 86.4 cm³/mol. The van der Waals surface area contributed by atoms with Crippen LogP contribution in [-0.4, -0.2) is 11.1 Å². The quantitative estimate of drug-likeness (QED) is 0.778. The molecular formula is C18H16N2O3. The van der Waals surface area contributed by atoms with Crippen molar-refractivity contribution in [3.8, 4) is 5.75 Å². The smallest absolute Gasteiger partial charge is 0.257 e. The summed E-state index contributed by atoms with van der Waals surface area (Å²) in [4.78, 5) is 12.2. The number of hydrogen-bond donors (Lipinski definition) is 1. The van der Waals surface area contributed by atoms with E-state index in [4.69, 9.17) is 9.26 Å². The van der Waals surface area contributed by atoms with E-state index in [-0.39, 0.29) is 5.91 Å².